The van der Waals surface area contributed by atoms with Crippen molar-refractivity contribution >= 4 is 17.7 Å². The molecule has 0 aromatic heterocycles. The normalized spacial score (nSPS) is 14.8. The second-order valence-corrected chi connectivity index (χ2v) is 6.86. The summed E-state index contributed by atoms with van der Waals surface area (Å²) < 4.78 is 0. The molecule has 1 aliphatic rings. The molecule has 2 rings (SSSR count). The number of carbonyl (C=O) groups is 1. The number of anilines is 2. The maximum absolute atomic E-state index is 11.4. The van der Waals surface area contributed by atoms with E-state index in [2.05, 4.69) is 24.1 Å². The van der Waals surface area contributed by atoms with Gasteiger partial charge in [-0.25, -0.2) is 0 Å². The summed E-state index contributed by atoms with van der Waals surface area (Å²) in [6.45, 7) is 6.36. The topological polar surface area (TPSA) is 52.6 Å². The molecule has 24 heavy (non-hydrogen) atoms. The summed E-state index contributed by atoms with van der Waals surface area (Å²) in [5.74, 6) is 0.0843. The van der Waals surface area contributed by atoms with Gasteiger partial charge in [-0.3, -0.25) is 4.79 Å². The average molecular weight is 332 g/mol. The van der Waals surface area contributed by atoms with Crippen LogP contribution in [0.15, 0.2) is 12.1 Å². The highest BCUT2D eigenvalue weighted by atomic mass is 16.3. The third kappa shape index (κ3) is 4.89. The number of aldehydes is 1. The Morgan fingerprint density at radius 3 is 2.33 bits per heavy atom. The first-order chi connectivity index (χ1) is 11.7. The average Bonchev–Trinajstić information content (AvgIpc) is 3.08. The van der Waals surface area contributed by atoms with E-state index in [1.54, 1.807) is 6.07 Å². The Kier molecular flexibility index (Phi) is 7.41. The molecule has 2 N–H and O–H groups in total. The molecule has 134 valence electrons. The summed E-state index contributed by atoms with van der Waals surface area (Å²) >= 11 is 0. The number of rotatable bonds is 10. The largest absolute Gasteiger partial charge is 0.507 e. The van der Waals surface area contributed by atoms with Crippen LogP contribution in [-0.4, -0.2) is 30.5 Å². The molecule has 0 spiro atoms. The number of hydrogen-bond acceptors (Lipinski definition) is 4. The lowest BCUT2D eigenvalue weighted by atomic mass is 10.1. The second kappa shape index (κ2) is 9.55. The molecule has 0 amide bonds. The highest BCUT2D eigenvalue weighted by Gasteiger charge is 2.19. The molecule has 0 heterocycles. The van der Waals surface area contributed by atoms with Gasteiger partial charge >= 0.3 is 0 Å². The smallest absolute Gasteiger partial charge is 0.155 e. The highest BCUT2D eigenvalue weighted by molar-refractivity contribution is 5.90. The summed E-state index contributed by atoms with van der Waals surface area (Å²) in [5, 5.41) is 13.8. The van der Waals surface area contributed by atoms with Crippen LogP contribution in [0, 0.1) is 0 Å². The zero-order valence-corrected chi connectivity index (χ0v) is 15.2. The predicted molar refractivity (Wildman–Crippen MR) is 101 cm³/mol. The van der Waals surface area contributed by atoms with Gasteiger partial charge in [-0.1, -0.05) is 39.5 Å². The van der Waals surface area contributed by atoms with E-state index in [4.69, 9.17) is 0 Å². The molecular weight excluding hydrogens is 300 g/mol. The van der Waals surface area contributed by atoms with Crippen LogP contribution in [0.3, 0.4) is 0 Å². The standard InChI is InChI=1S/C20H32N2O2/c1-3-5-11-22(12-6-4-2)17-13-19(18(15-23)20(24)14-17)21-16-9-7-8-10-16/h13-16,21,24H,3-12H2,1-2H3. The van der Waals surface area contributed by atoms with Crippen LogP contribution in [0.2, 0.25) is 0 Å². The number of unbranched alkanes of at least 4 members (excludes halogenated alkanes) is 2. The zero-order chi connectivity index (χ0) is 17.4. The van der Waals surface area contributed by atoms with Crippen molar-refractivity contribution in [1.82, 2.24) is 0 Å². The van der Waals surface area contributed by atoms with E-state index in [0.29, 0.717) is 11.6 Å². The number of phenols is 1. The summed E-state index contributed by atoms with van der Waals surface area (Å²) in [5.41, 5.74) is 2.18. The van der Waals surface area contributed by atoms with E-state index in [9.17, 15) is 9.90 Å². The van der Waals surface area contributed by atoms with Crippen LogP contribution < -0.4 is 10.2 Å². The number of phenolic OH excluding ortho intramolecular Hbond substituents is 1. The lowest BCUT2D eigenvalue weighted by Gasteiger charge is -2.27. The second-order valence-electron chi connectivity index (χ2n) is 6.86. The number of nitrogens with one attached hydrogen (secondary N) is 1. The van der Waals surface area contributed by atoms with Crippen LogP contribution >= 0.6 is 0 Å². The third-order valence-electron chi connectivity index (χ3n) is 4.90. The van der Waals surface area contributed by atoms with Gasteiger partial charge in [0.1, 0.15) is 5.75 Å². The fourth-order valence-corrected chi connectivity index (χ4v) is 3.41. The quantitative estimate of drug-likeness (QED) is 0.594. The van der Waals surface area contributed by atoms with Crippen molar-refractivity contribution in [2.45, 2.75) is 71.3 Å². The van der Waals surface area contributed by atoms with E-state index >= 15 is 0 Å². The van der Waals surface area contributed by atoms with Crippen LogP contribution in [0.4, 0.5) is 11.4 Å². The molecule has 1 aromatic carbocycles. The number of nitrogens with zero attached hydrogens (tertiary/aromatic N) is 1. The molecule has 0 atom stereocenters. The van der Waals surface area contributed by atoms with E-state index in [1.165, 1.54) is 12.8 Å². The highest BCUT2D eigenvalue weighted by Crippen LogP contribution is 2.33. The van der Waals surface area contributed by atoms with E-state index in [0.717, 1.165) is 69.3 Å². The fraction of sp³-hybridized carbons (Fsp3) is 0.650. The van der Waals surface area contributed by atoms with Crippen molar-refractivity contribution < 1.29 is 9.90 Å². The summed E-state index contributed by atoms with van der Waals surface area (Å²) in [4.78, 5) is 13.8. The molecule has 4 heteroatoms. The minimum absolute atomic E-state index is 0.0843. The van der Waals surface area contributed by atoms with Gasteiger partial charge in [-0.2, -0.15) is 0 Å². The molecule has 0 unspecified atom stereocenters. The molecule has 1 saturated carbocycles. The lowest BCUT2D eigenvalue weighted by molar-refractivity contribution is 0.112. The van der Waals surface area contributed by atoms with Gasteiger partial charge < -0.3 is 15.3 Å². The summed E-state index contributed by atoms with van der Waals surface area (Å²) in [7, 11) is 0. The molecule has 0 radical (unpaired) electrons. The lowest BCUT2D eigenvalue weighted by Crippen LogP contribution is -2.26. The van der Waals surface area contributed by atoms with Gasteiger partial charge in [0.25, 0.3) is 0 Å². The van der Waals surface area contributed by atoms with Gasteiger partial charge in [0.15, 0.2) is 6.29 Å². The van der Waals surface area contributed by atoms with E-state index in [1.807, 2.05) is 6.07 Å². The first-order valence-corrected chi connectivity index (χ1v) is 9.53. The number of hydrogen-bond donors (Lipinski definition) is 2. The van der Waals surface area contributed by atoms with Crippen molar-refractivity contribution in [3.05, 3.63) is 17.7 Å². The first kappa shape index (κ1) is 18.6. The van der Waals surface area contributed by atoms with E-state index < -0.39 is 0 Å². The maximum Gasteiger partial charge on any atom is 0.155 e. The van der Waals surface area contributed by atoms with Gasteiger partial charge in [0.05, 0.1) is 11.3 Å². The summed E-state index contributed by atoms with van der Waals surface area (Å²) in [6.07, 6.45) is 10.1. The molecule has 0 saturated heterocycles. The Morgan fingerprint density at radius 1 is 1.17 bits per heavy atom. The first-order valence-electron chi connectivity index (χ1n) is 9.53. The number of benzene rings is 1. The zero-order valence-electron chi connectivity index (χ0n) is 15.2. The number of aromatic hydroxyl groups is 1. The van der Waals surface area contributed by atoms with Crippen molar-refractivity contribution in [1.29, 1.82) is 0 Å². The Bertz CT molecular complexity index is 517. The van der Waals surface area contributed by atoms with Crippen molar-refractivity contribution in [3.63, 3.8) is 0 Å². The molecule has 0 bridgehead atoms. The predicted octanol–water partition coefficient (Wildman–Crippen LogP) is 4.97. The Morgan fingerprint density at radius 2 is 1.79 bits per heavy atom. The molecule has 1 aromatic rings. The van der Waals surface area contributed by atoms with Crippen molar-refractivity contribution in [2.24, 2.45) is 0 Å². The van der Waals surface area contributed by atoms with E-state index in [-0.39, 0.29) is 5.75 Å². The monoisotopic (exact) mass is 332 g/mol. The third-order valence-corrected chi connectivity index (χ3v) is 4.90. The van der Waals surface area contributed by atoms with Crippen LogP contribution in [-0.2, 0) is 0 Å². The molecular formula is C20H32N2O2. The minimum atomic E-state index is 0.0843. The maximum atomic E-state index is 11.4. The molecule has 1 aliphatic carbocycles. The molecule has 0 aliphatic heterocycles. The Balaban J connectivity index is 2.26. The number of carbonyl (C=O) groups excluding carboxylic acids is 1. The van der Waals surface area contributed by atoms with Gasteiger partial charge in [-0.15, -0.1) is 0 Å². The van der Waals surface area contributed by atoms with Gasteiger partial charge in [-0.05, 0) is 31.7 Å². The van der Waals surface area contributed by atoms with Crippen LogP contribution in [0.5, 0.6) is 5.75 Å². The Labute approximate surface area is 146 Å². The van der Waals surface area contributed by atoms with Crippen molar-refractivity contribution in [2.75, 3.05) is 23.3 Å². The molecule has 4 nitrogen and oxygen atoms in total. The minimum Gasteiger partial charge on any atom is -0.507 e. The van der Waals surface area contributed by atoms with Crippen LogP contribution in [0.1, 0.15) is 75.6 Å². The van der Waals surface area contributed by atoms with Crippen LogP contribution in [0.25, 0.3) is 0 Å². The SMILES string of the molecule is CCCCN(CCCC)c1cc(O)c(C=O)c(NC2CCCC2)c1. The Hall–Kier alpha value is -1.71. The fourth-order valence-electron chi connectivity index (χ4n) is 3.41. The van der Waals surface area contributed by atoms with Crippen molar-refractivity contribution in [3.8, 4) is 5.75 Å². The van der Waals surface area contributed by atoms with Gasteiger partial charge in [0, 0.05) is 30.9 Å². The van der Waals surface area contributed by atoms with Gasteiger partial charge in [0.2, 0.25) is 0 Å². The summed E-state index contributed by atoms with van der Waals surface area (Å²) in [6, 6.07) is 4.21. The molecule has 1 fully saturated rings.